The lowest BCUT2D eigenvalue weighted by Gasteiger charge is -2.37. The first kappa shape index (κ1) is 10.5. The van der Waals surface area contributed by atoms with Gasteiger partial charge in [-0.05, 0) is 25.7 Å². The number of piperidine rings is 1. The van der Waals surface area contributed by atoms with Crippen LogP contribution in [0, 0.1) is 0 Å². The zero-order valence-electron chi connectivity index (χ0n) is 8.49. The number of aliphatic hydroxyl groups is 1. The lowest BCUT2D eigenvalue weighted by Crippen LogP contribution is -2.48. The first-order chi connectivity index (χ1) is 6.16. The molecule has 0 aromatic carbocycles. The number of hydrogen-bond acceptors (Lipinski definition) is 2. The molecule has 3 heteroatoms. The van der Waals surface area contributed by atoms with E-state index < -0.39 is 0 Å². The van der Waals surface area contributed by atoms with E-state index in [2.05, 4.69) is 0 Å². The Morgan fingerprint density at radius 1 is 1.62 bits per heavy atom. The van der Waals surface area contributed by atoms with Crippen LogP contribution in [0.3, 0.4) is 0 Å². The summed E-state index contributed by atoms with van der Waals surface area (Å²) in [5.41, 5.74) is 0. The predicted molar refractivity (Wildman–Crippen MR) is 51.3 cm³/mol. The molecule has 76 valence electrons. The Morgan fingerprint density at radius 3 is 2.85 bits per heavy atom. The number of nitrogens with zero attached hydrogens (tertiary/aromatic N) is 1. The van der Waals surface area contributed by atoms with Crippen molar-refractivity contribution in [2.24, 2.45) is 0 Å². The van der Waals surface area contributed by atoms with Gasteiger partial charge in [0.2, 0.25) is 5.91 Å². The van der Waals surface area contributed by atoms with Gasteiger partial charge in [0, 0.05) is 13.5 Å². The van der Waals surface area contributed by atoms with Crippen LogP contribution in [0.2, 0.25) is 0 Å². The highest BCUT2D eigenvalue weighted by molar-refractivity contribution is 5.73. The van der Waals surface area contributed by atoms with E-state index in [0.29, 0.717) is 0 Å². The van der Waals surface area contributed by atoms with Gasteiger partial charge in [-0.25, -0.2) is 0 Å². The third-order valence-corrected chi connectivity index (χ3v) is 2.82. The number of rotatable bonds is 2. The molecule has 0 aromatic heterocycles. The fraction of sp³-hybridized carbons (Fsp3) is 0.900. The van der Waals surface area contributed by atoms with Crippen LogP contribution in [-0.2, 0) is 4.79 Å². The highest BCUT2D eigenvalue weighted by Crippen LogP contribution is 2.21. The first-order valence-electron chi connectivity index (χ1n) is 5.12. The van der Waals surface area contributed by atoms with Gasteiger partial charge in [0.15, 0.2) is 0 Å². The van der Waals surface area contributed by atoms with Crippen molar-refractivity contribution in [2.45, 2.75) is 51.7 Å². The van der Waals surface area contributed by atoms with Gasteiger partial charge in [-0.2, -0.15) is 0 Å². The predicted octanol–water partition coefficient (Wildman–Crippen LogP) is 1.16. The van der Waals surface area contributed by atoms with E-state index in [1.54, 1.807) is 6.92 Å². The average molecular weight is 185 g/mol. The van der Waals surface area contributed by atoms with E-state index in [-0.39, 0.29) is 18.1 Å². The topological polar surface area (TPSA) is 40.5 Å². The number of likely N-dealkylation sites (tertiary alicyclic amines) is 1. The van der Waals surface area contributed by atoms with Gasteiger partial charge in [-0.3, -0.25) is 4.79 Å². The molecule has 0 bridgehead atoms. The van der Waals surface area contributed by atoms with Crippen molar-refractivity contribution < 1.29 is 9.90 Å². The lowest BCUT2D eigenvalue weighted by molar-refractivity contribution is -0.135. The van der Waals surface area contributed by atoms with Gasteiger partial charge in [-0.1, -0.05) is 6.92 Å². The van der Waals surface area contributed by atoms with Crippen LogP contribution in [0.4, 0.5) is 0 Å². The molecule has 0 radical (unpaired) electrons. The molecule has 0 aromatic rings. The second-order valence-electron chi connectivity index (χ2n) is 3.75. The van der Waals surface area contributed by atoms with Crippen LogP contribution in [0.1, 0.15) is 39.5 Å². The summed E-state index contributed by atoms with van der Waals surface area (Å²) in [5, 5.41) is 9.71. The Morgan fingerprint density at radius 2 is 2.31 bits per heavy atom. The smallest absolute Gasteiger partial charge is 0.219 e. The maximum Gasteiger partial charge on any atom is 0.219 e. The SMILES string of the molecule is CCC(O)C1CCCCN1C(C)=O. The zero-order chi connectivity index (χ0) is 9.84. The number of carbonyl (C=O) groups is 1. The number of carbonyl (C=O) groups excluding carboxylic acids is 1. The molecule has 1 N–H and O–H groups in total. The van der Waals surface area contributed by atoms with Crippen molar-refractivity contribution in [1.82, 2.24) is 4.90 Å². The third kappa shape index (κ3) is 2.44. The monoisotopic (exact) mass is 185 g/mol. The molecule has 2 unspecified atom stereocenters. The first-order valence-corrected chi connectivity index (χ1v) is 5.12. The second-order valence-corrected chi connectivity index (χ2v) is 3.75. The summed E-state index contributed by atoms with van der Waals surface area (Å²) in [6, 6.07) is 0.0660. The van der Waals surface area contributed by atoms with E-state index in [4.69, 9.17) is 0 Å². The maximum atomic E-state index is 11.2. The normalized spacial score (nSPS) is 25.8. The van der Waals surface area contributed by atoms with Crippen molar-refractivity contribution >= 4 is 5.91 Å². The summed E-state index contributed by atoms with van der Waals surface area (Å²) in [6.07, 6.45) is 3.55. The highest BCUT2D eigenvalue weighted by Gasteiger charge is 2.28. The Balaban J connectivity index is 2.61. The van der Waals surface area contributed by atoms with E-state index in [9.17, 15) is 9.90 Å². The summed E-state index contributed by atoms with van der Waals surface area (Å²) < 4.78 is 0. The highest BCUT2D eigenvalue weighted by atomic mass is 16.3. The van der Waals surface area contributed by atoms with Gasteiger partial charge in [-0.15, -0.1) is 0 Å². The number of hydrogen-bond donors (Lipinski definition) is 1. The quantitative estimate of drug-likeness (QED) is 0.701. The van der Waals surface area contributed by atoms with Gasteiger partial charge >= 0.3 is 0 Å². The van der Waals surface area contributed by atoms with Gasteiger partial charge in [0.05, 0.1) is 12.1 Å². The zero-order valence-corrected chi connectivity index (χ0v) is 8.49. The molecule has 3 nitrogen and oxygen atoms in total. The van der Waals surface area contributed by atoms with Crippen LogP contribution in [0.25, 0.3) is 0 Å². The summed E-state index contributed by atoms with van der Waals surface area (Å²) in [4.78, 5) is 13.1. The molecule has 13 heavy (non-hydrogen) atoms. The van der Waals surface area contributed by atoms with Crippen molar-refractivity contribution in [2.75, 3.05) is 6.54 Å². The third-order valence-electron chi connectivity index (χ3n) is 2.82. The molecular formula is C10H19NO2. The van der Waals surface area contributed by atoms with E-state index in [1.807, 2.05) is 11.8 Å². The summed E-state index contributed by atoms with van der Waals surface area (Å²) in [5.74, 6) is 0.0946. The number of aliphatic hydroxyl groups excluding tert-OH is 1. The Labute approximate surface area is 79.7 Å². The van der Waals surface area contributed by atoms with Crippen molar-refractivity contribution in [3.05, 3.63) is 0 Å². The Hall–Kier alpha value is -0.570. The maximum absolute atomic E-state index is 11.2. The summed E-state index contributed by atoms with van der Waals surface area (Å²) >= 11 is 0. The standard InChI is InChI=1S/C10H19NO2/c1-3-10(13)9-6-4-5-7-11(9)8(2)12/h9-10,13H,3-7H2,1-2H3. The Kier molecular flexibility index (Phi) is 3.72. The number of amides is 1. The summed E-state index contributed by atoms with van der Waals surface area (Å²) in [6.45, 7) is 4.36. The minimum atomic E-state index is -0.343. The molecule has 1 amide bonds. The molecule has 0 spiro atoms. The van der Waals surface area contributed by atoms with Crippen LogP contribution in [-0.4, -0.2) is 34.6 Å². The van der Waals surface area contributed by atoms with Crippen LogP contribution in [0.5, 0.6) is 0 Å². The Bertz CT molecular complexity index is 182. The van der Waals surface area contributed by atoms with Gasteiger partial charge < -0.3 is 10.0 Å². The molecule has 1 fully saturated rings. The van der Waals surface area contributed by atoms with Gasteiger partial charge in [0.1, 0.15) is 0 Å². The fourth-order valence-corrected chi connectivity index (χ4v) is 2.02. The summed E-state index contributed by atoms with van der Waals surface area (Å²) in [7, 11) is 0. The second kappa shape index (κ2) is 4.61. The van der Waals surface area contributed by atoms with Crippen molar-refractivity contribution in [1.29, 1.82) is 0 Å². The van der Waals surface area contributed by atoms with E-state index in [0.717, 1.165) is 32.2 Å². The van der Waals surface area contributed by atoms with Gasteiger partial charge in [0.25, 0.3) is 0 Å². The molecule has 0 saturated carbocycles. The molecule has 1 aliphatic heterocycles. The van der Waals surface area contributed by atoms with E-state index in [1.165, 1.54) is 0 Å². The minimum Gasteiger partial charge on any atom is -0.391 e. The lowest BCUT2D eigenvalue weighted by atomic mass is 9.96. The fourth-order valence-electron chi connectivity index (χ4n) is 2.02. The average Bonchev–Trinajstić information content (AvgIpc) is 2.16. The molecule has 1 aliphatic rings. The van der Waals surface area contributed by atoms with E-state index >= 15 is 0 Å². The molecule has 1 heterocycles. The minimum absolute atomic E-state index is 0.0660. The van der Waals surface area contributed by atoms with Crippen LogP contribution >= 0.6 is 0 Å². The molecular weight excluding hydrogens is 166 g/mol. The largest absolute Gasteiger partial charge is 0.391 e. The van der Waals surface area contributed by atoms with Crippen LogP contribution in [0.15, 0.2) is 0 Å². The molecule has 1 rings (SSSR count). The molecule has 1 saturated heterocycles. The molecule has 0 aliphatic carbocycles. The molecule has 2 atom stereocenters. The van der Waals surface area contributed by atoms with Crippen molar-refractivity contribution in [3.8, 4) is 0 Å². The van der Waals surface area contributed by atoms with Crippen LogP contribution < -0.4 is 0 Å². The van der Waals surface area contributed by atoms with Crippen molar-refractivity contribution in [3.63, 3.8) is 0 Å².